The lowest BCUT2D eigenvalue weighted by molar-refractivity contribution is -0.112. The maximum absolute atomic E-state index is 12.8. The van der Waals surface area contributed by atoms with Crippen LogP contribution in [0, 0.1) is 25.2 Å². The number of aryl methyl sites for hydroxylation is 2. The quantitative estimate of drug-likeness (QED) is 0.352. The van der Waals surface area contributed by atoms with Crippen molar-refractivity contribution in [3.63, 3.8) is 0 Å². The highest BCUT2D eigenvalue weighted by Crippen LogP contribution is 2.28. The predicted molar refractivity (Wildman–Crippen MR) is 127 cm³/mol. The van der Waals surface area contributed by atoms with E-state index < -0.39 is 5.91 Å². The number of rotatable bonds is 7. The average molecular weight is 447 g/mol. The second-order valence-electron chi connectivity index (χ2n) is 7.26. The molecule has 0 aliphatic carbocycles. The maximum atomic E-state index is 12.8. The summed E-state index contributed by atoms with van der Waals surface area (Å²) in [6.45, 7) is 4.14. The van der Waals surface area contributed by atoms with Gasteiger partial charge in [-0.25, -0.2) is 0 Å². The Hall–Kier alpha value is -3.75. The van der Waals surface area contributed by atoms with Gasteiger partial charge in [-0.15, -0.1) is 0 Å². The molecule has 3 aromatic rings. The van der Waals surface area contributed by atoms with Gasteiger partial charge in [0, 0.05) is 22.3 Å². The Kier molecular flexibility index (Phi) is 7.54. The molecule has 0 heterocycles. The minimum atomic E-state index is -0.485. The first kappa shape index (κ1) is 22.9. The van der Waals surface area contributed by atoms with Gasteiger partial charge in [0.15, 0.2) is 0 Å². The molecule has 0 saturated carbocycles. The Bertz CT molecular complexity index is 1190. The molecule has 0 aliphatic heterocycles. The molecule has 0 saturated heterocycles. The first-order valence-electron chi connectivity index (χ1n) is 9.95. The van der Waals surface area contributed by atoms with Crippen LogP contribution in [0.25, 0.3) is 6.08 Å². The predicted octanol–water partition coefficient (Wildman–Crippen LogP) is 6.09. The molecule has 32 heavy (non-hydrogen) atoms. The number of anilines is 1. The third-order valence-electron chi connectivity index (χ3n) is 4.83. The molecule has 3 aromatic carbocycles. The standard InChI is InChI=1S/C26H23ClN2O3/c1-17-4-5-18(2)24(12-17)29-26(30)21(15-28)13-20-8-11-23(31-3)14-25(20)32-16-19-6-9-22(27)10-7-19/h4-14H,16H2,1-3H3,(H,29,30)/b21-13+. The summed E-state index contributed by atoms with van der Waals surface area (Å²) in [5.74, 6) is 0.610. The fraction of sp³-hybridized carbons (Fsp3) is 0.154. The Morgan fingerprint density at radius 1 is 1.09 bits per heavy atom. The summed E-state index contributed by atoms with van der Waals surface area (Å²) in [5, 5.41) is 13.1. The van der Waals surface area contributed by atoms with E-state index in [2.05, 4.69) is 5.32 Å². The Balaban J connectivity index is 1.87. The first-order valence-corrected chi connectivity index (χ1v) is 10.3. The number of benzene rings is 3. The third-order valence-corrected chi connectivity index (χ3v) is 5.09. The number of hydrogen-bond donors (Lipinski definition) is 1. The van der Waals surface area contributed by atoms with Crippen LogP contribution in [0.5, 0.6) is 11.5 Å². The molecule has 0 aliphatic rings. The van der Waals surface area contributed by atoms with Crippen LogP contribution in [-0.2, 0) is 11.4 Å². The Morgan fingerprint density at radius 2 is 1.84 bits per heavy atom. The zero-order chi connectivity index (χ0) is 23.1. The number of carbonyl (C=O) groups excluding carboxylic acids is 1. The fourth-order valence-electron chi connectivity index (χ4n) is 2.99. The van der Waals surface area contributed by atoms with E-state index >= 15 is 0 Å². The molecular formula is C26H23ClN2O3. The SMILES string of the molecule is COc1ccc(/C=C(\C#N)C(=O)Nc2cc(C)ccc2C)c(OCc2ccc(Cl)cc2)c1. The lowest BCUT2D eigenvalue weighted by Gasteiger charge is -2.12. The largest absolute Gasteiger partial charge is 0.497 e. The van der Waals surface area contributed by atoms with Gasteiger partial charge in [0.1, 0.15) is 29.7 Å². The minimum Gasteiger partial charge on any atom is -0.497 e. The van der Waals surface area contributed by atoms with E-state index in [4.69, 9.17) is 21.1 Å². The first-order chi connectivity index (χ1) is 15.4. The number of carbonyl (C=O) groups is 1. The molecule has 0 radical (unpaired) electrons. The van der Waals surface area contributed by atoms with Crippen LogP contribution in [0.4, 0.5) is 5.69 Å². The maximum Gasteiger partial charge on any atom is 0.266 e. The summed E-state index contributed by atoms with van der Waals surface area (Å²) < 4.78 is 11.3. The van der Waals surface area contributed by atoms with Crippen LogP contribution in [0.2, 0.25) is 5.02 Å². The molecule has 0 bridgehead atoms. The van der Waals surface area contributed by atoms with Gasteiger partial charge in [-0.2, -0.15) is 5.26 Å². The highest BCUT2D eigenvalue weighted by atomic mass is 35.5. The molecule has 0 spiro atoms. The van der Waals surface area contributed by atoms with Crippen molar-refractivity contribution in [1.29, 1.82) is 5.26 Å². The average Bonchev–Trinajstić information content (AvgIpc) is 2.79. The summed E-state index contributed by atoms with van der Waals surface area (Å²) in [7, 11) is 1.56. The number of nitrogens with one attached hydrogen (secondary N) is 1. The molecule has 0 atom stereocenters. The summed E-state index contributed by atoms with van der Waals surface area (Å²) in [4.78, 5) is 12.8. The zero-order valence-electron chi connectivity index (χ0n) is 18.1. The van der Waals surface area contributed by atoms with E-state index in [1.54, 1.807) is 37.4 Å². The molecule has 3 rings (SSSR count). The van der Waals surface area contributed by atoms with E-state index in [0.29, 0.717) is 34.4 Å². The van der Waals surface area contributed by atoms with Gasteiger partial charge in [0.05, 0.1) is 7.11 Å². The normalized spacial score (nSPS) is 10.9. The second kappa shape index (κ2) is 10.5. The molecule has 0 fully saturated rings. The molecular weight excluding hydrogens is 424 g/mol. The third kappa shape index (κ3) is 5.90. The molecule has 6 heteroatoms. The molecule has 1 N–H and O–H groups in total. The fourth-order valence-corrected chi connectivity index (χ4v) is 3.12. The van der Waals surface area contributed by atoms with Crippen molar-refractivity contribution < 1.29 is 14.3 Å². The zero-order valence-corrected chi connectivity index (χ0v) is 18.9. The lowest BCUT2D eigenvalue weighted by atomic mass is 10.1. The van der Waals surface area contributed by atoms with Crippen LogP contribution >= 0.6 is 11.6 Å². The van der Waals surface area contributed by atoms with Crippen molar-refractivity contribution in [3.05, 3.63) is 93.5 Å². The topological polar surface area (TPSA) is 71.3 Å². The minimum absolute atomic E-state index is 0.0348. The van der Waals surface area contributed by atoms with E-state index in [9.17, 15) is 10.1 Å². The van der Waals surface area contributed by atoms with E-state index in [1.807, 2.05) is 50.2 Å². The van der Waals surface area contributed by atoms with Crippen LogP contribution in [0.15, 0.2) is 66.2 Å². The number of nitrogens with zero attached hydrogens (tertiary/aromatic N) is 1. The summed E-state index contributed by atoms with van der Waals surface area (Å²) in [6, 6.07) is 20.3. The van der Waals surface area contributed by atoms with E-state index in [0.717, 1.165) is 16.7 Å². The molecule has 0 unspecified atom stereocenters. The summed E-state index contributed by atoms with van der Waals surface area (Å²) in [5.41, 5.74) is 4.09. The molecule has 162 valence electrons. The van der Waals surface area contributed by atoms with Gasteiger partial charge in [-0.1, -0.05) is 35.9 Å². The van der Waals surface area contributed by atoms with Crippen LogP contribution in [0.3, 0.4) is 0 Å². The van der Waals surface area contributed by atoms with Gasteiger partial charge in [0.2, 0.25) is 0 Å². The number of ether oxygens (including phenoxy) is 2. The number of nitriles is 1. The van der Waals surface area contributed by atoms with Crippen LogP contribution in [-0.4, -0.2) is 13.0 Å². The van der Waals surface area contributed by atoms with Gasteiger partial charge >= 0.3 is 0 Å². The van der Waals surface area contributed by atoms with E-state index in [-0.39, 0.29) is 5.57 Å². The van der Waals surface area contributed by atoms with Gasteiger partial charge < -0.3 is 14.8 Å². The Morgan fingerprint density at radius 3 is 2.53 bits per heavy atom. The van der Waals surface area contributed by atoms with Crippen molar-refractivity contribution in [2.45, 2.75) is 20.5 Å². The molecule has 5 nitrogen and oxygen atoms in total. The number of halogens is 1. The number of methoxy groups -OCH3 is 1. The number of hydrogen-bond acceptors (Lipinski definition) is 4. The lowest BCUT2D eigenvalue weighted by Crippen LogP contribution is -2.14. The van der Waals surface area contributed by atoms with Crippen LogP contribution in [0.1, 0.15) is 22.3 Å². The van der Waals surface area contributed by atoms with Crippen molar-refractivity contribution in [2.75, 3.05) is 12.4 Å². The van der Waals surface area contributed by atoms with Crippen molar-refractivity contribution in [1.82, 2.24) is 0 Å². The van der Waals surface area contributed by atoms with E-state index in [1.165, 1.54) is 6.08 Å². The van der Waals surface area contributed by atoms with Crippen molar-refractivity contribution in [3.8, 4) is 17.6 Å². The van der Waals surface area contributed by atoms with Gasteiger partial charge in [0.25, 0.3) is 5.91 Å². The van der Waals surface area contributed by atoms with Crippen molar-refractivity contribution >= 4 is 29.3 Å². The molecule has 1 amide bonds. The highest BCUT2D eigenvalue weighted by Gasteiger charge is 2.13. The monoisotopic (exact) mass is 446 g/mol. The second-order valence-corrected chi connectivity index (χ2v) is 7.70. The van der Waals surface area contributed by atoms with Gasteiger partial charge in [-0.05, 0) is 66.9 Å². The van der Waals surface area contributed by atoms with Crippen molar-refractivity contribution in [2.24, 2.45) is 0 Å². The summed E-state index contributed by atoms with van der Waals surface area (Å²) >= 11 is 5.94. The molecule has 0 aromatic heterocycles. The van der Waals surface area contributed by atoms with Crippen LogP contribution < -0.4 is 14.8 Å². The highest BCUT2D eigenvalue weighted by molar-refractivity contribution is 6.30. The smallest absolute Gasteiger partial charge is 0.266 e. The Labute approximate surface area is 192 Å². The summed E-state index contributed by atoms with van der Waals surface area (Å²) in [6.07, 6.45) is 1.51. The number of amides is 1. The van der Waals surface area contributed by atoms with Gasteiger partial charge in [-0.3, -0.25) is 4.79 Å².